The Morgan fingerprint density at radius 2 is 2.21 bits per heavy atom. The van der Waals surface area contributed by atoms with Crippen LogP contribution in [0.2, 0.25) is 0 Å². The van der Waals surface area contributed by atoms with Crippen molar-refractivity contribution >= 4 is 0 Å². The molecule has 1 N–H and O–H groups in total. The van der Waals surface area contributed by atoms with Gasteiger partial charge in [0.2, 0.25) is 0 Å². The van der Waals surface area contributed by atoms with E-state index in [0.29, 0.717) is 0 Å². The van der Waals surface area contributed by atoms with E-state index in [-0.39, 0.29) is 5.56 Å². The van der Waals surface area contributed by atoms with Crippen molar-refractivity contribution < 1.29 is 13.2 Å². The Kier molecular flexibility index (Phi) is 2.56. The Morgan fingerprint density at radius 3 is 2.71 bits per heavy atom. The van der Waals surface area contributed by atoms with E-state index in [1.54, 1.807) is 11.1 Å². The number of nitrogens with one attached hydrogen (secondary N) is 1. The van der Waals surface area contributed by atoms with Gasteiger partial charge < -0.3 is 4.98 Å². The standard InChI is InChI=1S/C7H4F3N3O/c8-7(9,10)5-4(1-2-11)3-12-6(14)13-5/h3H,1H2,(H,12,13,14). The second kappa shape index (κ2) is 3.49. The van der Waals surface area contributed by atoms with E-state index < -0.39 is 24.0 Å². The molecule has 0 fully saturated rings. The van der Waals surface area contributed by atoms with E-state index >= 15 is 0 Å². The van der Waals surface area contributed by atoms with E-state index in [0.717, 1.165) is 6.20 Å². The molecule has 14 heavy (non-hydrogen) atoms. The lowest BCUT2D eigenvalue weighted by atomic mass is 10.2. The summed E-state index contributed by atoms with van der Waals surface area (Å²) in [7, 11) is 0. The molecule has 0 saturated heterocycles. The second-order valence-corrected chi connectivity index (χ2v) is 2.42. The molecule has 0 unspecified atom stereocenters. The number of aromatic nitrogens is 2. The van der Waals surface area contributed by atoms with E-state index in [2.05, 4.69) is 4.98 Å². The van der Waals surface area contributed by atoms with Crippen LogP contribution in [0.15, 0.2) is 11.0 Å². The lowest BCUT2D eigenvalue weighted by Crippen LogP contribution is -2.21. The van der Waals surface area contributed by atoms with Gasteiger partial charge in [-0.2, -0.15) is 18.4 Å². The van der Waals surface area contributed by atoms with Gasteiger partial charge in [0.1, 0.15) is 5.69 Å². The first-order valence-corrected chi connectivity index (χ1v) is 3.47. The predicted octanol–water partition coefficient (Wildman–Crippen LogP) is 0.855. The molecule has 1 heterocycles. The highest BCUT2D eigenvalue weighted by Gasteiger charge is 2.34. The molecule has 0 amide bonds. The van der Waals surface area contributed by atoms with Crippen molar-refractivity contribution in [3.05, 3.63) is 27.9 Å². The first-order valence-electron chi connectivity index (χ1n) is 3.47. The van der Waals surface area contributed by atoms with Crippen molar-refractivity contribution in [1.29, 1.82) is 5.26 Å². The van der Waals surface area contributed by atoms with Crippen molar-refractivity contribution in [2.45, 2.75) is 12.6 Å². The average molecular weight is 203 g/mol. The molecule has 0 aliphatic heterocycles. The molecule has 0 radical (unpaired) electrons. The molecule has 0 atom stereocenters. The molecule has 74 valence electrons. The SMILES string of the molecule is N#CCc1cnc(=O)[nH]c1C(F)(F)F. The molecular formula is C7H4F3N3O. The first-order chi connectivity index (χ1) is 6.45. The maximum absolute atomic E-state index is 12.2. The molecule has 0 bridgehead atoms. The minimum absolute atomic E-state index is 0.334. The summed E-state index contributed by atoms with van der Waals surface area (Å²) in [5.41, 5.74) is -2.63. The Labute approximate surface area is 76.0 Å². The summed E-state index contributed by atoms with van der Waals surface area (Å²) >= 11 is 0. The highest BCUT2D eigenvalue weighted by molar-refractivity contribution is 5.21. The topological polar surface area (TPSA) is 69.5 Å². The zero-order valence-electron chi connectivity index (χ0n) is 6.72. The molecule has 0 aliphatic carbocycles. The quantitative estimate of drug-likeness (QED) is 0.735. The molecule has 4 nitrogen and oxygen atoms in total. The van der Waals surface area contributed by atoms with Crippen LogP contribution >= 0.6 is 0 Å². The number of aromatic amines is 1. The lowest BCUT2D eigenvalue weighted by molar-refractivity contribution is -0.142. The van der Waals surface area contributed by atoms with Gasteiger partial charge in [-0.1, -0.05) is 0 Å². The summed E-state index contributed by atoms with van der Waals surface area (Å²) in [6, 6.07) is 1.55. The normalized spacial score (nSPS) is 11.0. The van der Waals surface area contributed by atoms with Crippen LogP contribution in [-0.2, 0) is 12.6 Å². The number of halogens is 3. The van der Waals surface area contributed by atoms with Crippen molar-refractivity contribution in [1.82, 2.24) is 9.97 Å². The molecule has 0 aliphatic rings. The fraction of sp³-hybridized carbons (Fsp3) is 0.286. The summed E-state index contributed by atoms with van der Waals surface area (Å²) in [5, 5.41) is 8.24. The fourth-order valence-electron chi connectivity index (χ4n) is 0.893. The van der Waals surface area contributed by atoms with E-state index in [9.17, 15) is 18.0 Å². The average Bonchev–Trinajstić information content (AvgIpc) is 2.07. The van der Waals surface area contributed by atoms with Gasteiger partial charge in [-0.25, -0.2) is 9.78 Å². The summed E-state index contributed by atoms with van der Waals surface area (Å²) < 4.78 is 36.7. The molecule has 0 aromatic carbocycles. The van der Waals surface area contributed by atoms with Gasteiger partial charge in [0, 0.05) is 11.8 Å². The zero-order chi connectivity index (χ0) is 10.8. The summed E-state index contributed by atoms with van der Waals surface area (Å²) in [5.74, 6) is 0. The number of hydrogen-bond donors (Lipinski definition) is 1. The van der Waals surface area contributed by atoms with Gasteiger partial charge in [0.05, 0.1) is 12.5 Å². The van der Waals surface area contributed by atoms with E-state index in [4.69, 9.17) is 5.26 Å². The van der Waals surface area contributed by atoms with Crippen molar-refractivity contribution in [3.63, 3.8) is 0 Å². The van der Waals surface area contributed by atoms with Crippen LogP contribution < -0.4 is 5.69 Å². The Bertz CT molecular complexity index is 429. The minimum Gasteiger partial charge on any atom is -0.301 e. The molecular weight excluding hydrogens is 199 g/mol. The fourth-order valence-corrected chi connectivity index (χ4v) is 0.893. The van der Waals surface area contributed by atoms with Gasteiger partial charge in [0.15, 0.2) is 0 Å². The van der Waals surface area contributed by atoms with E-state index in [1.807, 2.05) is 0 Å². The molecule has 1 aromatic heterocycles. The van der Waals surface area contributed by atoms with Crippen LogP contribution in [0, 0.1) is 11.3 Å². The van der Waals surface area contributed by atoms with Gasteiger partial charge >= 0.3 is 11.9 Å². The monoisotopic (exact) mass is 203 g/mol. The maximum atomic E-state index is 12.2. The summed E-state index contributed by atoms with van der Waals surface area (Å²) in [6.45, 7) is 0. The highest BCUT2D eigenvalue weighted by atomic mass is 19.4. The first kappa shape index (κ1) is 10.2. The lowest BCUT2D eigenvalue weighted by Gasteiger charge is -2.08. The highest BCUT2D eigenvalue weighted by Crippen LogP contribution is 2.29. The van der Waals surface area contributed by atoms with Crippen molar-refractivity contribution in [2.24, 2.45) is 0 Å². The largest absolute Gasteiger partial charge is 0.431 e. The second-order valence-electron chi connectivity index (χ2n) is 2.42. The van der Waals surface area contributed by atoms with E-state index in [1.165, 1.54) is 0 Å². The smallest absolute Gasteiger partial charge is 0.301 e. The predicted molar refractivity (Wildman–Crippen MR) is 39.2 cm³/mol. The molecule has 0 saturated carbocycles. The third-order valence-electron chi connectivity index (χ3n) is 1.44. The third-order valence-corrected chi connectivity index (χ3v) is 1.44. The van der Waals surface area contributed by atoms with Crippen LogP contribution in [0.25, 0.3) is 0 Å². The number of H-pyrrole nitrogens is 1. The molecule has 1 aromatic rings. The number of nitriles is 1. The van der Waals surface area contributed by atoms with Gasteiger partial charge in [0.25, 0.3) is 0 Å². The Morgan fingerprint density at radius 1 is 1.57 bits per heavy atom. The van der Waals surface area contributed by atoms with Gasteiger partial charge in [-0.3, -0.25) is 0 Å². The summed E-state index contributed by atoms with van der Waals surface area (Å²) in [4.78, 5) is 15.2. The Balaban J connectivity index is 3.32. The van der Waals surface area contributed by atoms with Crippen LogP contribution in [0.3, 0.4) is 0 Å². The number of rotatable bonds is 1. The molecule has 7 heteroatoms. The van der Waals surface area contributed by atoms with Crippen LogP contribution in [0.4, 0.5) is 13.2 Å². The van der Waals surface area contributed by atoms with Crippen LogP contribution in [0.5, 0.6) is 0 Å². The minimum atomic E-state index is -4.67. The number of nitrogens with zero attached hydrogens (tertiary/aromatic N) is 2. The number of alkyl halides is 3. The zero-order valence-corrected chi connectivity index (χ0v) is 6.72. The molecule has 1 rings (SSSR count). The van der Waals surface area contributed by atoms with Crippen LogP contribution in [-0.4, -0.2) is 9.97 Å². The molecule has 0 spiro atoms. The maximum Gasteiger partial charge on any atom is 0.431 e. The van der Waals surface area contributed by atoms with Crippen molar-refractivity contribution in [2.75, 3.05) is 0 Å². The third kappa shape index (κ3) is 2.10. The Hall–Kier alpha value is -1.84. The summed E-state index contributed by atoms with van der Waals surface area (Å²) in [6.07, 6.45) is -4.36. The van der Waals surface area contributed by atoms with Gasteiger partial charge in [-0.05, 0) is 0 Å². The van der Waals surface area contributed by atoms with Crippen molar-refractivity contribution in [3.8, 4) is 6.07 Å². The van der Waals surface area contributed by atoms with Crippen LogP contribution in [0.1, 0.15) is 11.3 Å². The number of hydrogen-bond acceptors (Lipinski definition) is 3. The van der Waals surface area contributed by atoms with Gasteiger partial charge in [-0.15, -0.1) is 0 Å².